The Morgan fingerprint density at radius 1 is 1.15 bits per heavy atom. The maximum absolute atomic E-state index is 13.1. The van der Waals surface area contributed by atoms with Gasteiger partial charge in [-0.3, -0.25) is 9.69 Å². The normalized spacial score (nSPS) is 15.1. The largest absolute Gasteiger partial charge is 0.452 e. The molecule has 4 aromatic rings. The number of carbonyl (C=O) groups is 1. The molecule has 1 amide bonds. The van der Waals surface area contributed by atoms with Crippen molar-refractivity contribution < 1.29 is 18.1 Å². The summed E-state index contributed by atoms with van der Waals surface area (Å²) in [6.45, 7) is 7.21. The van der Waals surface area contributed by atoms with E-state index >= 15 is 0 Å². The Hall–Kier alpha value is -3.52. The van der Waals surface area contributed by atoms with Gasteiger partial charge in [-0.2, -0.15) is 4.98 Å². The lowest BCUT2D eigenvalue weighted by atomic mass is 9.96. The van der Waals surface area contributed by atoms with Crippen molar-refractivity contribution in [3.63, 3.8) is 0 Å². The van der Waals surface area contributed by atoms with E-state index in [1.165, 1.54) is 12.1 Å². The molecule has 1 saturated heterocycles. The quantitative estimate of drug-likeness (QED) is 0.440. The molecular formula is C26H27FN4O3. The van der Waals surface area contributed by atoms with Crippen molar-refractivity contribution in [1.82, 2.24) is 20.4 Å². The first-order valence-electron chi connectivity index (χ1n) is 11.5. The first-order valence-corrected chi connectivity index (χ1v) is 11.5. The number of halogens is 1. The van der Waals surface area contributed by atoms with Gasteiger partial charge in [0.15, 0.2) is 5.76 Å². The topological polar surface area (TPSA) is 84.4 Å². The molecule has 0 radical (unpaired) electrons. The molecule has 1 N–H and O–H groups in total. The van der Waals surface area contributed by atoms with Crippen molar-refractivity contribution in [3.8, 4) is 11.6 Å². The second-order valence-corrected chi connectivity index (χ2v) is 9.03. The van der Waals surface area contributed by atoms with Gasteiger partial charge in [0, 0.05) is 24.0 Å². The molecular weight excluding hydrogens is 435 g/mol. The average molecular weight is 463 g/mol. The molecule has 0 aliphatic carbocycles. The van der Waals surface area contributed by atoms with E-state index in [-0.39, 0.29) is 23.4 Å². The number of nitrogens with zero attached hydrogens (tertiary/aromatic N) is 3. The van der Waals surface area contributed by atoms with Crippen molar-refractivity contribution >= 4 is 16.9 Å². The van der Waals surface area contributed by atoms with Crippen molar-refractivity contribution in [2.24, 2.45) is 5.92 Å². The van der Waals surface area contributed by atoms with Crippen LogP contribution in [0.4, 0.5) is 4.39 Å². The zero-order valence-corrected chi connectivity index (χ0v) is 19.3. The number of likely N-dealkylation sites (tertiary alicyclic amines) is 1. The summed E-state index contributed by atoms with van der Waals surface area (Å²) >= 11 is 0. The number of rotatable bonds is 6. The highest BCUT2D eigenvalue weighted by Crippen LogP contribution is 2.32. The van der Waals surface area contributed by atoms with Crippen LogP contribution in [0, 0.1) is 25.6 Å². The van der Waals surface area contributed by atoms with Crippen LogP contribution in [0.1, 0.15) is 40.2 Å². The fraction of sp³-hybridized carbons (Fsp3) is 0.346. The van der Waals surface area contributed by atoms with E-state index < -0.39 is 0 Å². The molecule has 0 spiro atoms. The highest BCUT2D eigenvalue weighted by atomic mass is 19.1. The fourth-order valence-electron chi connectivity index (χ4n) is 4.47. The summed E-state index contributed by atoms with van der Waals surface area (Å²) in [6.07, 6.45) is 1.96. The van der Waals surface area contributed by atoms with Crippen LogP contribution in [-0.4, -0.2) is 40.6 Å². The lowest BCUT2D eigenvalue weighted by Crippen LogP contribution is -2.38. The van der Waals surface area contributed by atoms with E-state index in [0.717, 1.165) is 60.1 Å². The van der Waals surface area contributed by atoms with Crippen LogP contribution in [0.5, 0.6) is 0 Å². The predicted octanol–water partition coefficient (Wildman–Crippen LogP) is 4.88. The monoisotopic (exact) mass is 462 g/mol. The number of hydrogen-bond acceptors (Lipinski definition) is 6. The second kappa shape index (κ2) is 9.38. The third-order valence-corrected chi connectivity index (χ3v) is 6.49. The lowest BCUT2D eigenvalue weighted by molar-refractivity contribution is 0.0891. The molecule has 2 aromatic heterocycles. The summed E-state index contributed by atoms with van der Waals surface area (Å²) in [5, 5.41) is 7.89. The minimum absolute atomic E-state index is 0.0696. The minimum Gasteiger partial charge on any atom is -0.452 e. The van der Waals surface area contributed by atoms with Gasteiger partial charge in [-0.15, -0.1) is 0 Å². The number of aromatic nitrogens is 2. The summed E-state index contributed by atoms with van der Waals surface area (Å²) in [7, 11) is 0. The highest BCUT2D eigenvalue weighted by Gasteiger charge is 2.23. The molecule has 1 aliphatic heterocycles. The van der Waals surface area contributed by atoms with Crippen LogP contribution in [0.15, 0.2) is 51.4 Å². The van der Waals surface area contributed by atoms with E-state index in [1.807, 2.05) is 38.1 Å². The number of carbonyl (C=O) groups excluding carboxylic acids is 1. The number of amides is 1. The molecule has 0 saturated carbocycles. The van der Waals surface area contributed by atoms with Gasteiger partial charge in [0.05, 0.1) is 0 Å². The molecule has 8 heteroatoms. The standard InChI is InChI=1S/C26H27FN4O3/c1-16-3-8-22-21(13-16)17(2)23(33-22)24-29-26(34-30-24)25(32)28-14-18-9-11-31(12-10-18)15-19-4-6-20(27)7-5-19/h3-8,13,18H,9-12,14-15H2,1-2H3,(H,28,32). The van der Waals surface area contributed by atoms with Gasteiger partial charge in [0.1, 0.15) is 11.4 Å². The van der Waals surface area contributed by atoms with E-state index in [0.29, 0.717) is 18.2 Å². The van der Waals surface area contributed by atoms with Crippen LogP contribution >= 0.6 is 0 Å². The molecule has 1 aliphatic rings. The van der Waals surface area contributed by atoms with Crippen LogP contribution in [-0.2, 0) is 6.54 Å². The third kappa shape index (κ3) is 4.72. The Bertz CT molecular complexity index is 1300. The van der Waals surface area contributed by atoms with E-state index in [4.69, 9.17) is 8.94 Å². The van der Waals surface area contributed by atoms with Gasteiger partial charge < -0.3 is 14.3 Å². The Balaban J connectivity index is 1.14. The molecule has 3 heterocycles. The van der Waals surface area contributed by atoms with Gasteiger partial charge in [-0.1, -0.05) is 28.9 Å². The summed E-state index contributed by atoms with van der Waals surface area (Å²) < 4.78 is 24.2. The van der Waals surface area contributed by atoms with Crippen molar-refractivity contribution in [2.45, 2.75) is 33.2 Å². The molecule has 2 aromatic carbocycles. The Morgan fingerprint density at radius 2 is 1.91 bits per heavy atom. The van der Waals surface area contributed by atoms with Gasteiger partial charge in [-0.25, -0.2) is 4.39 Å². The van der Waals surface area contributed by atoms with E-state index in [1.54, 1.807) is 0 Å². The number of nitrogens with one attached hydrogen (secondary N) is 1. The maximum Gasteiger partial charge on any atom is 0.316 e. The number of furan rings is 1. The number of benzene rings is 2. The Morgan fingerprint density at radius 3 is 2.68 bits per heavy atom. The lowest BCUT2D eigenvalue weighted by Gasteiger charge is -2.31. The number of hydrogen-bond donors (Lipinski definition) is 1. The molecule has 0 unspecified atom stereocenters. The summed E-state index contributed by atoms with van der Waals surface area (Å²) in [4.78, 5) is 19.2. The second-order valence-electron chi connectivity index (χ2n) is 9.03. The summed E-state index contributed by atoms with van der Waals surface area (Å²) in [6, 6.07) is 12.6. The SMILES string of the molecule is Cc1ccc2oc(-c3noc(C(=O)NCC4CCN(Cc5ccc(F)cc5)CC4)n3)c(C)c2c1. The molecule has 176 valence electrons. The first kappa shape index (κ1) is 22.3. The number of piperidine rings is 1. The average Bonchev–Trinajstić information content (AvgIpc) is 3.45. The Kier molecular flexibility index (Phi) is 6.15. The van der Waals surface area contributed by atoms with Gasteiger partial charge >= 0.3 is 11.8 Å². The smallest absolute Gasteiger partial charge is 0.316 e. The van der Waals surface area contributed by atoms with Gasteiger partial charge in [-0.05, 0) is 75.5 Å². The number of aryl methyl sites for hydroxylation is 2. The third-order valence-electron chi connectivity index (χ3n) is 6.49. The Labute approximate surface area is 196 Å². The first-order chi connectivity index (χ1) is 16.5. The van der Waals surface area contributed by atoms with Gasteiger partial charge in [0.25, 0.3) is 0 Å². The van der Waals surface area contributed by atoms with Crippen molar-refractivity contribution in [1.29, 1.82) is 0 Å². The van der Waals surface area contributed by atoms with Crippen LogP contribution in [0.3, 0.4) is 0 Å². The van der Waals surface area contributed by atoms with Crippen molar-refractivity contribution in [2.75, 3.05) is 19.6 Å². The molecule has 5 rings (SSSR count). The van der Waals surface area contributed by atoms with E-state index in [9.17, 15) is 9.18 Å². The van der Waals surface area contributed by atoms with E-state index in [2.05, 4.69) is 26.4 Å². The van der Waals surface area contributed by atoms with Crippen LogP contribution < -0.4 is 5.32 Å². The van der Waals surface area contributed by atoms with Gasteiger partial charge in [0.2, 0.25) is 5.82 Å². The molecule has 34 heavy (non-hydrogen) atoms. The molecule has 0 atom stereocenters. The van der Waals surface area contributed by atoms with Crippen LogP contribution in [0.25, 0.3) is 22.6 Å². The predicted molar refractivity (Wildman–Crippen MR) is 126 cm³/mol. The highest BCUT2D eigenvalue weighted by molar-refractivity contribution is 5.90. The number of fused-ring (bicyclic) bond motifs is 1. The summed E-state index contributed by atoms with van der Waals surface area (Å²) in [5.74, 6) is 0.505. The fourth-order valence-corrected chi connectivity index (χ4v) is 4.47. The molecule has 1 fully saturated rings. The van der Waals surface area contributed by atoms with Crippen molar-refractivity contribution in [3.05, 3.63) is 70.9 Å². The zero-order valence-electron chi connectivity index (χ0n) is 19.3. The van der Waals surface area contributed by atoms with Crippen LogP contribution in [0.2, 0.25) is 0 Å². The molecule has 0 bridgehead atoms. The zero-order chi connectivity index (χ0) is 23.7. The molecule has 7 nitrogen and oxygen atoms in total. The summed E-state index contributed by atoms with van der Waals surface area (Å²) in [5.41, 5.74) is 3.91. The minimum atomic E-state index is -0.378. The maximum atomic E-state index is 13.1.